The van der Waals surface area contributed by atoms with Crippen LogP contribution in [0.4, 0.5) is 0 Å². The van der Waals surface area contributed by atoms with Crippen LogP contribution in [0.5, 0.6) is 0 Å². The second-order valence-electron chi connectivity index (χ2n) is 8.41. The number of hydrogen-bond acceptors (Lipinski definition) is 2. The van der Waals surface area contributed by atoms with Crippen LogP contribution < -0.4 is 16.2 Å². The van der Waals surface area contributed by atoms with Crippen LogP contribution in [0, 0.1) is 6.92 Å². The Bertz CT molecular complexity index is 1500. The summed E-state index contributed by atoms with van der Waals surface area (Å²) in [4.78, 5) is 14.0. The Labute approximate surface area is 212 Å². The topological polar surface area (TPSA) is 54.9 Å². The quantitative estimate of drug-likeness (QED) is 0.254. The monoisotopic (exact) mass is 542 g/mol. The zero-order valence-electron chi connectivity index (χ0n) is 19.1. The predicted molar refractivity (Wildman–Crippen MR) is 147 cm³/mol. The third-order valence-electron chi connectivity index (χ3n) is 6.23. The number of aromatic amines is 1. The molecule has 0 radical (unpaired) electrons. The summed E-state index contributed by atoms with van der Waals surface area (Å²) in [6, 6.07) is 36.2. The number of aryl methyl sites for hydroxylation is 1. The number of nitrogens with one attached hydrogen (secondary N) is 1. The van der Waals surface area contributed by atoms with Gasteiger partial charge in [0.05, 0.1) is 16.9 Å². The highest BCUT2D eigenvalue weighted by molar-refractivity contribution is 9.10. The van der Waals surface area contributed by atoms with E-state index in [0.717, 1.165) is 15.7 Å². The van der Waals surface area contributed by atoms with Gasteiger partial charge in [-0.3, -0.25) is 9.89 Å². The first kappa shape index (κ1) is 23.3. The molecule has 0 aliphatic carbocycles. The van der Waals surface area contributed by atoms with Crippen molar-refractivity contribution in [1.82, 2.24) is 9.78 Å². The molecule has 174 valence electrons. The van der Waals surface area contributed by atoms with Gasteiger partial charge in [-0.2, -0.15) is 0 Å². The average molecular weight is 543 g/mol. The molecule has 1 unspecified atom stereocenters. The summed E-state index contributed by atoms with van der Waals surface area (Å²) in [5.41, 5.74) is 1.88. The first-order valence-electron chi connectivity index (χ1n) is 11.3. The second-order valence-corrected chi connectivity index (χ2v) is 12.2. The summed E-state index contributed by atoms with van der Waals surface area (Å²) in [6.07, 6.45) is 0. The average Bonchev–Trinajstić information content (AvgIpc) is 3.20. The summed E-state index contributed by atoms with van der Waals surface area (Å²) in [7, 11) is -3.37. The second kappa shape index (κ2) is 9.69. The smallest absolute Gasteiger partial charge is 0.275 e. The number of H-pyrrole nitrogens is 1. The van der Waals surface area contributed by atoms with Crippen molar-refractivity contribution in [3.05, 3.63) is 147 Å². The van der Waals surface area contributed by atoms with Crippen molar-refractivity contribution in [2.45, 2.75) is 12.6 Å². The van der Waals surface area contributed by atoms with Gasteiger partial charge >= 0.3 is 0 Å². The fraction of sp³-hybridized carbons (Fsp3) is 0.0690. The zero-order chi connectivity index (χ0) is 24.4. The maximum Gasteiger partial charge on any atom is 0.275 e. The molecule has 35 heavy (non-hydrogen) atoms. The fourth-order valence-corrected chi connectivity index (χ4v) is 8.24. The summed E-state index contributed by atoms with van der Waals surface area (Å²) < 4.78 is 17.9. The van der Waals surface area contributed by atoms with Gasteiger partial charge in [-0.1, -0.05) is 107 Å². The first-order valence-corrected chi connectivity index (χ1v) is 13.9. The van der Waals surface area contributed by atoms with Crippen LogP contribution in [-0.4, -0.2) is 9.78 Å². The summed E-state index contributed by atoms with van der Waals surface area (Å²) in [5.74, 6) is 0. The minimum Gasteiger partial charge on any atom is -0.313 e. The van der Waals surface area contributed by atoms with Crippen molar-refractivity contribution >= 4 is 33.7 Å². The van der Waals surface area contributed by atoms with Crippen LogP contribution in [0.2, 0.25) is 0 Å². The molecular weight excluding hydrogens is 519 g/mol. The first-order chi connectivity index (χ1) is 17.0. The molecule has 6 heteroatoms. The number of para-hydroxylation sites is 1. The van der Waals surface area contributed by atoms with Gasteiger partial charge in [0.1, 0.15) is 0 Å². The molecule has 0 aliphatic rings. The predicted octanol–water partition coefficient (Wildman–Crippen LogP) is 6.34. The molecule has 5 rings (SSSR count). The molecule has 0 saturated heterocycles. The normalized spacial score (nSPS) is 12.4. The van der Waals surface area contributed by atoms with Crippen molar-refractivity contribution < 1.29 is 4.57 Å². The number of aromatic nitrogens is 2. The lowest BCUT2D eigenvalue weighted by Gasteiger charge is -2.29. The van der Waals surface area contributed by atoms with Gasteiger partial charge in [0, 0.05) is 20.8 Å². The highest BCUT2D eigenvalue weighted by Crippen LogP contribution is 2.60. The SMILES string of the molecule is Cc1[nH]n(-c2ccccc2)c(=O)c1C(c1ccc(Br)cc1)P(=O)(c1ccccc1)c1ccccc1. The molecule has 0 aliphatic heterocycles. The van der Waals surface area contributed by atoms with E-state index < -0.39 is 12.8 Å². The molecule has 1 atom stereocenters. The van der Waals surface area contributed by atoms with Crippen molar-refractivity contribution in [1.29, 1.82) is 0 Å². The summed E-state index contributed by atoms with van der Waals surface area (Å²) in [5, 5.41) is 4.67. The Hall–Kier alpha value is -3.40. The minimum atomic E-state index is -3.37. The number of benzene rings is 4. The maximum atomic E-state index is 15.5. The molecule has 0 bridgehead atoms. The van der Waals surface area contributed by atoms with E-state index in [4.69, 9.17) is 0 Å². The van der Waals surface area contributed by atoms with E-state index in [1.807, 2.05) is 122 Å². The van der Waals surface area contributed by atoms with Crippen LogP contribution in [0.3, 0.4) is 0 Å². The van der Waals surface area contributed by atoms with Gasteiger partial charge in [-0.05, 0) is 36.8 Å². The molecular formula is C29H24BrN2O2P. The largest absolute Gasteiger partial charge is 0.313 e. The van der Waals surface area contributed by atoms with Crippen molar-refractivity contribution in [3.63, 3.8) is 0 Å². The van der Waals surface area contributed by atoms with Crippen LogP contribution in [0.15, 0.2) is 125 Å². The van der Waals surface area contributed by atoms with E-state index in [-0.39, 0.29) is 5.56 Å². The number of rotatable bonds is 6. The third kappa shape index (κ3) is 4.27. The number of halogens is 1. The Balaban J connectivity index is 1.85. The van der Waals surface area contributed by atoms with Crippen LogP contribution in [0.1, 0.15) is 22.5 Å². The molecule has 4 nitrogen and oxygen atoms in total. The molecule has 0 fully saturated rings. The third-order valence-corrected chi connectivity index (χ3v) is 10.2. The summed E-state index contributed by atoms with van der Waals surface area (Å²) in [6.45, 7) is 1.88. The Morgan fingerprint density at radius 1 is 0.743 bits per heavy atom. The highest BCUT2D eigenvalue weighted by atomic mass is 79.9. The minimum absolute atomic E-state index is 0.200. The molecule has 0 saturated carbocycles. The van der Waals surface area contributed by atoms with E-state index in [9.17, 15) is 4.79 Å². The number of hydrogen-bond donors (Lipinski definition) is 1. The lowest BCUT2D eigenvalue weighted by molar-refractivity contribution is 0.582. The van der Waals surface area contributed by atoms with E-state index in [0.29, 0.717) is 21.9 Å². The van der Waals surface area contributed by atoms with E-state index in [1.165, 1.54) is 4.68 Å². The van der Waals surface area contributed by atoms with Crippen molar-refractivity contribution in [3.8, 4) is 5.69 Å². The van der Waals surface area contributed by atoms with E-state index in [2.05, 4.69) is 21.0 Å². The zero-order valence-corrected chi connectivity index (χ0v) is 21.6. The van der Waals surface area contributed by atoms with Crippen molar-refractivity contribution in [2.75, 3.05) is 0 Å². The summed E-state index contributed by atoms with van der Waals surface area (Å²) >= 11 is 3.51. The van der Waals surface area contributed by atoms with Gasteiger partial charge in [0.2, 0.25) is 0 Å². The standard InChI is InChI=1S/C29H24BrN2O2P/c1-21-27(29(33)32(31-21)24-11-5-2-6-12-24)28(22-17-19-23(30)20-18-22)35(34,25-13-7-3-8-14-25)26-15-9-4-10-16-26/h2-20,28,31H,1H3. The van der Waals surface area contributed by atoms with Crippen molar-refractivity contribution in [2.24, 2.45) is 0 Å². The Morgan fingerprint density at radius 2 is 1.23 bits per heavy atom. The lowest BCUT2D eigenvalue weighted by atomic mass is 10.1. The molecule has 0 amide bonds. The molecule has 0 spiro atoms. The highest BCUT2D eigenvalue weighted by Gasteiger charge is 2.42. The number of nitrogens with zero attached hydrogens (tertiary/aromatic N) is 1. The molecule has 4 aromatic carbocycles. The van der Waals surface area contributed by atoms with E-state index in [1.54, 1.807) is 0 Å². The van der Waals surface area contributed by atoms with Gasteiger partial charge in [0.15, 0.2) is 7.14 Å². The maximum absolute atomic E-state index is 15.5. The van der Waals surface area contributed by atoms with Gasteiger partial charge in [0.25, 0.3) is 5.56 Å². The van der Waals surface area contributed by atoms with Gasteiger partial charge in [-0.15, -0.1) is 0 Å². The lowest BCUT2D eigenvalue weighted by Crippen LogP contribution is -2.27. The van der Waals surface area contributed by atoms with Crippen LogP contribution >= 0.6 is 23.1 Å². The van der Waals surface area contributed by atoms with Crippen LogP contribution in [0.25, 0.3) is 5.69 Å². The van der Waals surface area contributed by atoms with E-state index >= 15 is 4.57 Å². The molecule has 5 aromatic rings. The van der Waals surface area contributed by atoms with Crippen LogP contribution in [-0.2, 0) is 4.57 Å². The Kier molecular flexibility index (Phi) is 6.46. The Morgan fingerprint density at radius 3 is 1.74 bits per heavy atom. The molecule has 1 N–H and O–H groups in total. The van der Waals surface area contributed by atoms with Gasteiger partial charge < -0.3 is 4.57 Å². The molecule has 1 aromatic heterocycles. The fourth-order valence-electron chi connectivity index (χ4n) is 4.59. The molecule has 1 heterocycles. The van der Waals surface area contributed by atoms with Gasteiger partial charge in [-0.25, -0.2) is 4.68 Å².